The number of ketones is 1. The number of fused-ring (bicyclic) bond motifs is 1. The average molecular weight is 386 g/mol. The molecule has 0 fully saturated rings. The number of hydrogen-bond acceptors (Lipinski definition) is 5. The molecule has 0 spiro atoms. The second-order valence-electron chi connectivity index (χ2n) is 8.15. The van der Waals surface area contributed by atoms with Crippen molar-refractivity contribution < 1.29 is 4.79 Å². The van der Waals surface area contributed by atoms with E-state index < -0.39 is 0 Å². The number of hydrogen-bond donors (Lipinski definition) is 2. The van der Waals surface area contributed by atoms with E-state index >= 15 is 0 Å². The van der Waals surface area contributed by atoms with Crippen LogP contribution in [0.2, 0.25) is 0 Å². The molecule has 5 nitrogen and oxygen atoms in total. The lowest BCUT2D eigenvalue weighted by atomic mass is 9.87. The van der Waals surface area contributed by atoms with Crippen LogP contribution in [0, 0.1) is 26.7 Å². The molecule has 148 valence electrons. The summed E-state index contributed by atoms with van der Waals surface area (Å²) in [6.07, 6.45) is 1.30. The van der Waals surface area contributed by atoms with Crippen molar-refractivity contribution in [2.45, 2.75) is 40.5 Å². The highest BCUT2D eigenvalue weighted by atomic mass is 16.1. The molecule has 5 heteroatoms. The van der Waals surface area contributed by atoms with Crippen LogP contribution < -0.4 is 10.6 Å². The first-order chi connectivity index (χ1) is 13.9. The lowest BCUT2D eigenvalue weighted by molar-refractivity contribution is 0.0953. The van der Waals surface area contributed by atoms with Crippen molar-refractivity contribution in [1.29, 1.82) is 0 Å². The number of anilines is 4. The summed E-state index contributed by atoms with van der Waals surface area (Å²) in [5, 5.41) is 6.67. The van der Waals surface area contributed by atoms with Gasteiger partial charge in [-0.25, -0.2) is 4.98 Å². The van der Waals surface area contributed by atoms with E-state index in [2.05, 4.69) is 66.5 Å². The van der Waals surface area contributed by atoms with E-state index in [1.165, 1.54) is 5.56 Å². The summed E-state index contributed by atoms with van der Waals surface area (Å²) in [5.74, 6) is 1.46. The summed E-state index contributed by atoms with van der Waals surface area (Å²) in [7, 11) is 0. The van der Waals surface area contributed by atoms with E-state index in [0.717, 1.165) is 34.6 Å². The number of rotatable bonds is 4. The van der Waals surface area contributed by atoms with Gasteiger partial charge < -0.3 is 10.6 Å². The third kappa shape index (κ3) is 4.29. The molecule has 1 aromatic heterocycles. The molecular formula is C24H26N4O. The van der Waals surface area contributed by atoms with Crippen LogP contribution in [0.25, 0.3) is 0 Å². The van der Waals surface area contributed by atoms with Crippen molar-refractivity contribution in [3.63, 3.8) is 0 Å². The monoisotopic (exact) mass is 386 g/mol. The van der Waals surface area contributed by atoms with Gasteiger partial charge in [0, 0.05) is 17.8 Å². The van der Waals surface area contributed by atoms with E-state index in [9.17, 15) is 4.79 Å². The molecule has 0 saturated heterocycles. The Morgan fingerprint density at radius 2 is 1.52 bits per heavy atom. The Morgan fingerprint density at radius 3 is 2.21 bits per heavy atom. The second-order valence-corrected chi connectivity index (χ2v) is 8.15. The van der Waals surface area contributed by atoms with Crippen molar-refractivity contribution in [3.8, 4) is 0 Å². The Bertz CT molecular complexity index is 1050. The standard InChI is InChI=1S/C24H26N4O/c1-14-5-7-18(8-6-14)26-24-27-20-12-17(4)13-21(29)22(20)23(28-24)25-19-10-15(2)9-16(3)11-19/h5-11,17H,12-13H2,1-4H3,(H2,25,26,27,28). The molecule has 2 N–H and O–H groups in total. The van der Waals surface area contributed by atoms with E-state index in [0.29, 0.717) is 23.8 Å². The molecule has 1 unspecified atom stereocenters. The van der Waals surface area contributed by atoms with E-state index in [4.69, 9.17) is 0 Å². The number of nitrogens with one attached hydrogen (secondary N) is 2. The summed E-state index contributed by atoms with van der Waals surface area (Å²) < 4.78 is 0. The Balaban J connectivity index is 1.76. The maximum Gasteiger partial charge on any atom is 0.229 e. The fourth-order valence-electron chi connectivity index (χ4n) is 3.86. The molecule has 1 atom stereocenters. The summed E-state index contributed by atoms with van der Waals surface area (Å²) in [5.41, 5.74) is 6.79. The molecule has 3 aromatic rings. The fourth-order valence-corrected chi connectivity index (χ4v) is 3.86. The van der Waals surface area contributed by atoms with Crippen LogP contribution >= 0.6 is 0 Å². The van der Waals surface area contributed by atoms with E-state index in [1.807, 2.05) is 24.3 Å². The first-order valence-electron chi connectivity index (χ1n) is 10.0. The van der Waals surface area contributed by atoms with Crippen molar-refractivity contribution in [3.05, 3.63) is 70.4 Å². The average Bonchev–Trinajstić information content (AvgIpc) is 2.62. The van der Waals surface area contributed by atoms with Crippen molar-refractivity contribution in [1.82, 2.24) is 9.97 Å². The maximum absolute atomic E-state index is 12.8. The summed E-state index contributed by atoms with van der Waals surface area (Å²) in [6, 6.07) is 14.3. The first kappa shape index (κ1) is 19.1. The highest BCUT2D eigenvalue weighted by molar-refractivity contribution is 6.03. The fraction of sp³-hybridized carbons (Fsp3) is 0.292. The highest BCUT2D eigenvalue weighted by Crippen LogP contribution is 2.32. The Morgan fingerprint density at radius 1 is 0.828 bits per heavy atom. The van der Waals surface area contributed by atoms with Crippen LogP contribution in [0.15, 0.2) is 42.5 Å². The predicted octanol–water partition coefficient (Wildman–Crippen LogP) is 5.65. The minimum absolute atomic E-state index is 0.104. The minimum atomic E-state index is 0.104. The molecule has 0 bridgehead atoms. The third-order valence-corrected chi connectivity index (χ3v) is 5.13. The Kier molecular flexibility index (Phi) is 5.05. The summed E-state index contributed by atoms with van der Waals surface area (Å²) in [6.45, 7) is 8.26. The molecule has 0 aliphatic heterocycles. The SMILES string of the molecule is Cc1ccc(Nc2nc3c(c(Nc4cc(C)cc(C)c4)n2)C(=O)CC(C)C3)cc1. The maximum atomic E-state index is 12.8. The number of carbonyl (C=O) groups is 1. The van der Waals surface area contributed by atoms with Gasteiger partial charge in [-0.2, -0.15) is 4.98 Å². The topological polar surface area (TPSA) is 66.9 Å². The van der Waals surface area contributed by atoms with Gasteiger partial charge in [-0.3, -0.25) is 4.79 Å². The van der Waals surface area contributed by atoms with E-state index in [1.54, 1.807) is 0 Å². The smallest absolute Gasteiger partial charge is 0.229 e. The Labute approximate surface area is 171 Å². The van der Waals surface area contributed by atoms with Gasteiger partial charge in [0.25, 0.3) is 0 Å². The quantitative estimate of drug-likeness (QED) is 0.606. The molecule has 1 aliphatic rings. The lowest BCUT2D eigenvalue weighted by Gasteiger charge is -2.23. The second kappa shape index (κ2) is 7.66. The molecule has 29 heavy (non-hydrogen) atoms. The number of benzene rings is 2. The molecule has 1 aliphatic carbocycles. The van der Waals surface area contributed by atoms with Crippen LogP contribution in [0.5, 0.6) is 0 Å². The van der Waals surface area contributed by atoms with Gasteiger partial charge in [0.2, 0.25) is 5.95 Å². The predicted molar refractivity (Wildman–Crippen MR) is 118 cm³/mol. The summed E-state index contributed by atoms with van der Waals surface area (Å²) >= 11 is 0. The highest BCUT2D eigenvalue weighted by Gasteiger charge is 2.28. The molecule has 4 rings (SSSR count). The zero-order valence-electron chi connectivity index (χ0n) is 17.3. The van der Waals surface area contributed by atoms with Crippen molar-refractivity contribution in [2.75, 3.05) is 10.6 Å². The normalized spacial score (nSPS) is 15.7. The van der Waals surface area contributed by atoms with Crippen LogP contribution in [-0.2, 0) is 6.42 Å². The summed E-state index contributed by atoms with van der Waals surface area (Å²) in [4.78, 5) is 22.2. The van der Waals surface area contributed by atoms with Gasteiger partial charge in [-0.05, 0) is 68.5 Å². The number of Topliss-reactive ketones (excluding diaryl/α,β-unsaturated/α-hetero) is 1. The first-order valence-corrected chi connectivity index (χ1v) is 10.0. The molecule has 2 aromatic carbocycles. The number of carbonyl (C=O) groups excluding carboxylic acids is 1. The van der Waals surface area contributed by atoms with Crippen molar-refractivity contribution >= 4 is 28.9 Å². The van der Waals surface area contributed by atoms with Gasteiger partial charge in [-0.1, -0.05) is 30.7 Å². The van der Waals surface area contributed by atoms with Gasteiger partial charge in [0.1, 0.15) is 5.82 Å². The number of aryl methyl sites for hydroxylation is 3. The molecule has 1 heterocycles. The molecule has 0 amide bonds. The molecule has 0 radical (unpaired) electrons. The number of aromatic nitrogens is 2. The van der Waals surface area contributed by atoms with Gasteiger partial charge in [0.15, 0.2) is 5.78 Å². The van der Waals surface area contributed by atoms with Crippen LogP contribution in [0.4, 0.5) is 23.1 Å². The zero-order chi connectivity index (χ0) is 20.5. The third-order valence-electron chi connectivity index (χ3n) is 5.13. The van der Waals surface area contributed by atoms with Gasteiger partial charge >= 0.3 is 0 Å². The largest absolute Gasteiger partial charge is 0.339 e. The van der Waals surface area contributed by atoms with E-state index in [-0.39, 0.29) is 11.7 Å². The van der Waals surface area contributed by atoms with Gasteiger partial charge in [0.05, 0.1) is 11.3 Å². The number of nitrogens with zero attached hydrogens (tertiary/aromatic N) is 2. The minimum Gasteiger partial charge on any atom is -0.339 e. The Hall–Kier alpha value is -3.21. The van der Waals surface area contributed by atoms with Gasteiger partial charge in [-0.15, -0.1) is 0 Å². The van der Waals surface area contributed by atoms with Crippen LogP contribution in [0.1, 0.15) is 46.1 Å². The van der Waals surface area contributed by atoms with Crippen molar-refractivity contribution in [2.24, 2.45) is 5.92 Å². The lowest BCUT2D eigenvalue weighted by Crippen LogP contribution is -2.22. The molecular weight excluding hydrogens is 360 g/mol. The van der Waals surface area contributed by atoms with Crippen LogP contribution in [-0.4, -0.2) is 15.8 Å². The molecule has 0 saturated carbocycles. The zero-order valence-corrected chi connectivity index (χ0v) is 17.3. The van der Waals surface area contributed by atoms with Crippen LogP contribution in [0.3, 0.4) is 0 Å².